The fourth-order valence-electron chi connectivity index (χ4n) is 1.67. The molecular formula is C15H18FNO3. The molecule has 0 aliphatic rings. The van der Waals surface area contributed by atoms with Crippen LogP contribution in [-0.4, -0.2) is 35.5 Å². The molecule has 1 amide bonds. The highest BCUT2D eigenvalue weighted by Crippen LogP contribution is 2.14. The molecule has 0 radical (unpaired) electrons. The Kier molecular flexibility index (Phi) is 5.90. The molecule has 4 nitrogen and oxygen atoms in total. The first-order valence-electron chi connectivity index (χ1n) is 6.41. The predicted molar refractivity (Wildman–Crippen MR) is 74.9 cm³/mol. The maximum Gasteiger partial charge on any atom is 0.328 e. The molecule has 5 heteroatoms. The largest absolute Gasteiger partial charge is 0.478 e. The van der Waals surface area contributed by atoms with Gasteiger partial charge < -0.3 is 10.0 Å². The lowest BCUT2D eigenvalue weighted by molar-refractivity contribution is -0.131. The van der Waals surface area contributed by atoms with Crippen molar-refractivity contribution >= 4 is 18.0 Å². The van der Waals surface area contributed by atoms with Crippen LogP contribution < -0.4 is 0 Å². The van der Waals surface area contributed by atoms with Crippen LogP contribution in [-0.2, 0) is 4.79 Å². The Labute approximate surface area is 117 Å². The highest BCUT2D eigenvalue weighted by molar-refractivity contribution is 5.94. The summed E-state index contributed by atoms with van der Waals surface area (Å²) in [5.74, 6) is -2.01. The lowest BCUT2D eigenvalue weighted by atomic mass is 10.1. The minimum atomic E-state index is -1.15. The van der Waals surface area contributed by atoms with E-state index in [0.29, 0.717) is 6.54 Å². The van der Waals surface area contributed by atoms with Crippen LogP contribution in [0.5, 0.6) is 0 Å². The smallest absolute Gasteiger partial charge is 0.328 e. The number of benzene rings is 1. The summed E-state index contributed by atoms with van der Waals surface area (Å²) in [5.41, 5.74) is 0.397. The van der Waals surface area contributed by atoms with Gasteiger partial charge in [-0.1, -0.05) is 19.4 Å². The Morgan fingerprint density at radius 2 is 2.10 bits per heavy atom. The summed E-state index contributed by atoms with van der Waals surface area (Å²) in [6.07, 6.45) is 3.88. The third kappa shape index (κ3) is 4.50. The molecule has 0 spiro atoms. The Morgan fingerprint density at radius 1 is 1.40 bits per heavy atom. The molecule has 0 fully saturated rings. The Balaban J connectivity index is 2.86. The Hall–Kier alpha value is -2.17. The molecule has 1 aromatic carbocycles. The van der Waals surface area contributed by atoms with Crippen molar-refractivity contribution in [3.05, 3.63) is 41.2 Å². The highest BCUT2D eigenvalue weighted by atomic mass is 19.1. The first kappa shape index (κ1) is 15.9. The molecule has 1 N–H and O–H groups in total. The third-order valence-electron chi connectivity index (χ3n) is 2.85. The second kappa shape index (κ2) is 7.43. The summed E-state index contributed by atoms with van der Waals surface area (Å²) in [6.45, 7) is 2.65. The van der Waals surface area contributed by atoms with E-state index >= 15 is 0 Å². The molecule has 1 aromatic rings. The minimum Gasteiger partial charge on any atom is -0.478 e. The van der Waals surface area contributed by atoms with Gasteiger partial charge in [0.1, 0.15) is 5.82 Å². The van der Waals surface area contributed by atoms with Crippen LogP contribution in [0.25, 0.3) is 6.08 Å². The molecule has 108 valence electrons. The number of halogens is 1. The van der Waals surface area contributed by atoms with E-state index in [1.54, 1.807) is 11.9 Å². The zero-order valence-electron chi connectivity index (χ0n) is 11.6. The Morgan fingerprint density at radius 3 is 2.65 bits per heavy atom. The first-order valence-corrected chi connectivity index (χ1v) is 6.41. The summed E-state index contributed by atoms with van der Waals surface area (Å²) in [5, 5.41) is 8.49. The number of carbonyl (C=O) groups excluding carboxylic acids is 1. The van der Waals surface area contributed by atoms with Gasteiger partial charge in [-0.3, -0.25) is 4.79 Å². The SMILES string of the molecule is CCCCN(C)C(=O)c1ccc(C=CC(=O)O)c(F)c1. The van der Waals surface area contributed by atoms with E-state index < -0.39 is 11.8 Å². The molecule has 0 saturated heterocycles. The van der Waals surface area contributed by atoms with Gasteiger partial charge in [0, 0.05) is 30.8 Å². The van der Waals surface area contributed by atoms with Crippen molar-refractivity contribution in [3.8, 4) is 0 Å². The van der Waals surface area contributed by atoms with E-state index in [1.807, 2.05) is 6.92 Å². The van der Waals surface area contributed by atoms with Gasteiger partial charge in [-0.25, -0.2) is 9.18 Å². The van der Waals surface area contributed by atoms with Crippen LogP contribution in [0.3, 0.4) is 0 Å². The fraction of sp³-hybridized carbons (Fsp3) is 0.333. The number of hydrogen-bond donors (Lipinski definition) is 1. The first-order chi connectivity index (χ1) is 9.45. The quantitative estimate of drug-likeness (QED) is 0.815. The van der Waals surface area contributed by atoms with E-state index in [2.05, 4.69) is 0 Å². The van der Waals surface area contributed by atoms with Crippen molar-refractivity contribution in [2.24, 2.45) is 0 Å². The van der Waals surface area contributed by atoms with E-state index in [9.17, 15) is 14.0 Å². The van der Waals surface area contributed by atoms with Gasteiger partial charge in [0.25, 0.3) is 5.91 Å². The fourth-order valence-corrected chi connectivity index (χ4v) is 1.67. The van der Waals surface area contributed by atoms with Crippen molar-refractivity contribution in [2.75, 3.05) is 13.6 Å². The summed E-state index contributed by atoms with van der Waals surface area (Å²) in [6, 6.07) is 4.03. The topological polar surface area (TPSA) is 57.6 Å². The molecule has 0 bridgehead atoms. The van der Waals surface area contributed by atoms with Crippen LogP contribution >= 0.6 is 0 Å². The number of aliphatic carboxylic acids is 1. The zero-order chi connectivity index (χ0) is 15.1. The average Bonchev–Trinajstić information content (AvgIpc) is 2.42. The van der Waals surface area contributed by atoms with E-state index in [4.69, 9.17) is 5.11 Å². The lowest BCUT2D eigenvalue weighted by Gasteiger charge is -2.16. The number of hydrogen-bond acceptors (Lipinski definition) is 2. The second-order valence-electron chi connectivity index (χ2n) is 4.49. The molecule has 0 aromatic heterocycles. The van der Waals surface area contributed by atoms with Gasteiger partial charge in [-0.05, 0) is 24.6 Å². The van der Waals surface area contributed by atoms with Crippen LogP contribution in [0.4, 0.5) is 4.39 Å². The number of nitrogens with zero attached hydrogens (tertiary/aromatic N) is 1. The lowest BCUT2D eigenvalue weighted by Crippen LogP contribution is -2.27. The maximum absolute atomic E-state index is 13.8. The monoisotopic (exact) mass is 279 g/mol. The number of carbonyl (C=O) groups is 2. The highest BCUT2D eigenvalue weighted by Gasteiger charge is 2.13. The van der Waals surface area contributed by atoms with Gasteiger partial charge in [0.15, 0.2) is 0 Å². The van der Waals surface area contributed by atoms with Gasteiger partial charge in [0.2, 0.25) is 0 Å². The molecule has 0 saturated carbocycles. The summed E-state index contributed by atoms with van der Waals surface area (Å²) in [7, 11) is 1.67. The molecule has 0 heterocycles. The van der Waals surface area contributed by atoms with E-state index in [0.717, 1.165) is 31.1 Å². The number of rotatable bonds is 6. The predicted octanol–water partition coefficient (Wildman–Crippen LogP) is 2.80. The number of amides is 1. The average molecular weight is 279 g/mol. The number of unbranched alkanes of at least 4 members (excludes halogenated alkanes) is 1. The van der Waals surface area contributed by atoms with Gasteiger partial charge in [-0.15, -0.1) is 0 Å². The van der Waals surface area contributed by atoms with Gasteiger partial charge in [0.05, 0.1) is 0 Å². The molecule has 20 heavy (non-hydrogen) atoms. The zero-order valence-corrected chi connectivity index (χ0v) is 11.6. The molecule has 1 rings (SSSR count). The van der Waals surface area contributed by atoms with Crippen molar-refractivity contribution in [1.29, 1.82) is 0 Å². The minimum absolute atomic E-state index is 0.139. The van der Waals surface area contributed by atoms with Crippen molar-refractivity contribution in [1.82, 2.24) is 4.90 Å². The van der Waals surface area contributed by atoms with Crippen molar-refractivity contribution in [3.63, 3.8) is 0 Å². The second-order valence-corrected chi connectivity index (χ2v) is 4.49. The van der Waals surface area contributed by atoms with Gasteiger partial charge >= 0.3 is 5.97 Å². The molecule has 0 aliphatic carbocycles. The standard InChI is InChI=1S/C15H18FNO3/c1-3-4-9-17(2)15(20)12-6-5-11(13(16)10-12)7-8-14(18)19/h5-8,10H,3-4,9H2,1-2H3,(H,18,19). The maximum atomic E-state index is 13.8. The Bertz CT molecular complexity index is 526. The van der Waals surface area contributed by atoms with Gasteiger partial charge in [-0.2, -0.15) is 0 Å². The van der Waals surface area contributed by atoms with Crippen LogP contribution in [0.15, 0.2) is 24.3 Å². The van der Waals surface area contributed by atoms with E-state index in [-0.39, 0.29) is 17.0 Å². The van der Waals surface area contributed by atoms with Crippen LogP contribution in [0.2, 0.25) is 0 Å². The van der Waals surface area contributed by atoms with Crippen LogP contribution in [0.1, 0.15) is 35.7 Å². The third-order valence-corrected chi connectivity index (χ3v) is 2.85. The molecule has 0 atom stereocenters. The van der Waals surface area contributed by atoms with E-state index in [1.165, 1.54) is 12.1 Å². The molecule has 0 aliphatic heterocycles. The summed E-state index contributed by atoms with van der Waals surface area (Å²) < 4.78 is 13.8. The van der Waals surface area contributed by atoms with Crippen molar-refractivity contribution in [2.45, 2.75) is 19.8 Å². The normalized spacial score (nSPS) is 10.8. The molecular weight excluding hydrogens is 261 g/mol. The summed E-state index contributed by atoms with van der Waals surface area (Å²) >= 11 is 0. The number of carboxylic acids is 1. The summed E-state index contributed by atoms with van der Waals surface area (Å²) in [4.78, 5) is 24.0. The van der Waals surface area contributed by atoms with Crippen LogP contribution in [0, 0.1) is 5.82 Å². The van der Waals surface area contributed by atoms with Crippen molar-refractivity contribution < 1.29 is 19.1 Å². The number of carboxylic acid groups (broad SMARTS) is 1. The molecule has 0 unspecified atom stereocenters.